The van der Waals surface area contributed by atoms with Crippen molar-refractivity contribution in [2.45, 2.75) is 84.6 Å². The molecule has 2 unspecified atom stereocenters. The van der Waals surface area contributed by atoms with Gasteiger partial charge in [0.05, 0.1) is 6.61 Å². The summed E-state index contributed by atoms with van der Waals surface area (Å²) < 4.78 is 5.96. The number of nitrogens with two attached hydrogens (primary N) is 1. The van der Waals surface area contributed by atoms with Crippen molar-refractivity contribution in [2.75, 3.05) is 6.61 Å². The van der Waals surface area contributed by atoms with Crippen molar-refractivity contribution in [3.63, 3.8) is 0 Å². The van der Waals surface area contributed by atoms with E-state index < -0.39 is 0 Å². The molecule has 0 aliphatic heterocycles. The van der Waals surface area contributed by atoms with Gasteiger partial charge in [0, 0.05) is 6.04 Å². The standard InChI is InChI=1S/C20H35NO/c1-7-13-22-19-12-11-17(14-18(19)20(4,5)6)16(8-2)10-9-15(3)21/h11-12,14-16H,7-10,13,21H2,1-6H3. The SMILES string of the molecule is CCCOc1ccc(C(CC)CCC(C)N)cc1C(C)(C)C. The van der Waals surface area contributed by atoms with Crippen LogP contribution in [0, 0.1) is 0 Å². The third kappa shape index (κ3) is 5.64. The van der Waals surface area contributed by atoms with E-state index in [2.05, 4.69) is 59.7 Å². The summed E-state index contributed by atoms with van der Waals surface area (Å²) in [5.41, 5.74) is 8.77. The van der Waals surface area contributed by atoms with Gasteiger partial charge < -0.3 is 10.5 Å². The molecule has 0 saturated heterocycles. The third-order valence-electron chi connectivity index (χ3n) is 4.21. The van der Waals surface area contributed by atoms with Crippen molar-refractivity contribution >= 4 is 0 Å². The molecule has 0 spiro atoms. The van der Waals surface area contributed by atoms with Crippen LogP contribution in [0.4, 0.5) is 0 Å². The minimum absolute atomic E-state index is 0.0958. The predicted octanol–water partition coefficient (Wildman–Crippen LogP) is 5.39. The Morgan fingerprint density at radius 2 is 1.82 bits per heavy atom. The molecule has 2 atom stereocenters. The van der Waals surface area contributed by atoms with Crippen LogP contribution in [-0.4, -0.2) is 12.6 Å². The average molecular weight is 306 g/mol. The Labute approximate surface area is 137 Å². The molecule has 1 aromatic carbocycles. The fourth-order valence-corrected chi connectivity index (χ4v) is 2.80. The first-order valence-corrected chi connectivity index (χ1v) is 8.82. The monoisotopic (exact) mass is 305 g/mol. The zero-order chi connectivity index (χ0) is 16.8. The number of rotatable bonds is 8. The van der Waals surface area contributed by atoms with Crippen molar-refractivity contribution in [3.05, 3.63) is 29.3 Å². The Kier molecular flexibility index (Phi) is 7.41. The molecule has 0 amide bonds. The average Bonchev–Trinajstić information content (AvgIpc) is 2.45. The van der Waals surface area contributed by atoms with E-state index >= 15 is 0 Å². The first-order chi connectivity index (χ1) is 10.3. The molecule has 2 heteroatoms. The smallest absolute Gasteiger partial charge is 0.123 e. The summed E-state index contributed by atoms with van der Waals surface area (Å²) in [7, 11) is 0. The van der Waals surface area contributed by atoms with Crippen LogP contribution in [0.5, 0.6) is 5.75 Å². The van der Waals surface area contributed by atoms with E-state index in [-0.39, 0.29) is 11.5 Å². The zero-order valence-electron chi connectivity index (χ0n) is 15.4. The quantitative estimate of drug-likeness (QED) is 0.698. The first kappa shape index (κ1) is 19.0. The third-order valence-corrected chi connectivity index (χ3v) is 4.21. The molecule has 0 fully saturated rings. The van der Waals surface area contributed by atoms with Crippen LogP contribution in [0.1, 0.15) is 84.3 Å². The topological polar surface area (TPSA) is 35.2 Å². The van der Waals surface area contributed by atoms with Crippen LogP contribution in [-0.2, 0) is 5.41 Å². The Morgan fingerprint density at radius 3 is 2.32 bits per heavy atom. The predicted molar refractivity (Wildman–Crippen MR) is 96.8 cm³/mol. The van der Waals surface area contributed by atoms with Gasteiger partial charge in [-0.1, -0.05) is 46.8 Å². The molecule has 0 radical (unpaired) electrons. The van der Waals surface area contributed by atoms with Gasteiger partial charge in [0.2, 0.25) is 0 Å². The van der Waals surface area contributed by atoms with Gasteiger partial charge in [-0.3, -0.25) is 0 Å². The van der Waals surface area contributed by atoms with E-state index in [0.717, 1.165) is 38.0 Å². The Bertz CT molecular complexity index is 446. The molecule has 0 saturated carbocycles. The van der Waals surface area contributed by atoms with Gasteiger partial charge in [-0.2, -0.15) is 0 Å². The molecule has 0 aromatic heterocycles. The lowest BCUT2D eigenvalue weighted by atomic mass is 9.82. The van der Waals surface area contributed by atoms with Crippen molar-refractivity contribution in [1.82, 2.24) is 0 Å². The van der Waals surface area contributed by atoms with E-state index in [1.165, 1.54) is 11.1 Å². The van der Waals surface area contributed by atoms with E-state index in [1.807, 2.05) is 0 Å². The number of hydrogen-bond donors (Lipinski definition) is 1. The van der Waals surface area contributed by atoms with Crippen molar-refractivity contribution in [2.24, 2.45) is 5.73 Å². The van der Waals surface area contributed by atoms with Crippen molar-refractivity contribution < 1.29 is 4.74 Å². The van der Waals surface area contributed by atoms with Gasteiger partial charge in [-0.15, -0.1) is 0 Å². The summed E-state index contributed by atoms with van der Waals surface area (Å²) >= 11 is 0. The van der Waals surface area contributed by atoms with E-state index in [1.54, 1.807) is 0 Å². The lowest BCUT2D eigenvalue weighted by Gasteiger charge is -2.26. The van der Waals surface area contributed by atoms with Crippen LogP contribution in [0.15, 0.2) is 18.2 Å². The molecule has 2 nitrogen and oxygen atoms in total. The Morgan fingerprint density at radius 1 is 1.14 bits per heavy atom. The minimum atomic E-state index is 0.0958. The molecular formula is C20H35NO. The summed E-state index contributed by atoms with van der Waals surface area (Å²) in [5.74, 6) is 1.63. The first-order valence-electron chi connectivity index (χ1n) is 8.82. The maximum absolute atomic E-state index is 5.96. The van der Waals surface area contributed by atoms with Crippen molar-refractivity contribution in [1.29, 1.82) is 0 Å². The van der Waals surface area contributed by atoms with E-state index in [9.17, 15) is 0 Å². The second kappa shape index (κ2) is 8.57. The lowest BCUT2D eigenvalue weighted by molar-refractivity contribution is 0.308. The number of ether oxygens (including phenoxy) is 1. The summed E-state index contributed by atoms with van der Waals surface area (Å²) in [6, 6.07) is 7.05. The van der Waals surface area contributed by atoms with Gasteiger partial charge in [0.15, 0.2) is 0 Å². The van der Waals surface area contributed by atoms with Gasteiger partial charge in [0.25, 0.3) is 0 Å². The fourth-order valence-electron chi connectivity index (χ4n) is 2.80. The number of benzene rings is 1. The summed E-state index contributed by atoms with van der Waals surface area (Å²) in [6.07, 6.45) is 4.44. The fraction of sp³-hybridized carbons (Fsp3) is 0.700. The van der Waals surface area contributed by atoms with Crippen LogP contribution in [0.3, 0.4) is 0 Å². The molecular weight excluding hydrogens is 270 g/mol. The second-order valence-corrected chi connectivity index (χ2v) is 7.51. The van der Waals surface area contributed by atoms with Crippen LogP contribution in [0.2, 0.25) is 0 Å². The molecule has 0 heterocycles. The van der Waals surface area contributed by atoms with Crippen LogP contribution < -0.4 is 10.5 Å². The molecule has 1 rings (SSSR count). The highest BCUT2D eigenvalue weighted by Gasteiger charge is 2.21. The highest BCUT2D eigenvalue weighted by atomic mass is 16.5. The Hall–Kier alpha value is -1.02. The maximum Gasteiger partial charge on any atom is 0.123 e. The number of hydrogen-bond acceptors (Lipinski definition) is 2. The molecule has 0 aliphatic carbocycles. The summed E-state index contributed by atoms with van der Waals surface area (Å²) in [4.78, 5) is 0. The van der Waals surface area contributed by atoms with E-state index in [4.69, 9.17) is 10.5 Å². The van der Waals surface area contributed by atoms with Crippen LogP contribution >= 0.6 is 0 Å². The zero-order valence-corrected chi connectivity index (χ0v) is 15.4. The van der Waals surface area contributed by atoms with E-state index in [0.29, 0.717) is 5.92 Å². The molecule has 0 aliphatic rings. The van der Waals surface area contributed by atoms with Gasteiger partial charge in [0.1, 0.15) is 5.75 Å². The molecule has 1 aromatic rings. The van der Waals surface area contributed by atoms with Crippen LogP contribution in [0.25, 0.3) is 0 Å². The lowest BCUT2D eigenvalue weighted by Crippen LogP contribution is -2.17. The molecule has 0 bridgehead atoms. The minimum Gasteiger partial charge on any atom is -0.493 e. The highest BCUT2D eigenvalue weighted by Crippen LogP contribution is 2.36. The molecule has 2 N–H and O–H groups in total. The second-order valence-electron chi connectivity index (χ2n) is 7.51. The molecule has 126 valence electrons. The largest absolute Gasteiger partial charge is 0.493 e. The van der Waals surface area contributed by atoms with Gasteiger partial charge >= 0.3 is 0 Å². The summed E-state index contributed by atoms with van der Waals surface area (Å²) in [6.45, 7) is 14.1. The molecule has 22 heavy (non-hydrogen) atoms. The maximum atomic E-state index is 5.96. The highest BCUT2D eigenvalue weighted by molar-refractivity contribution is 5.42. The summed E-state index contributed by atoms with van der Waals surface area (Å²) in [5, 5.41) is 0. The van der Waals surface area contributed by atoms with Gasteiger partial charge in [-0.25, -0.2) is 0 Å². The van der Waals surface area contributed by atoms with Crippen molar-refractivity contribution in [3.8, 4) is 5.75 Å². The normalized spacial score (nSPS) is 14.7. The van der Waals surface area contributed by atoms with Gasteiger partial charge in [-0.05, 0) is 61.1 Å². The Balaban J connectivity index is 3.06.